The van der Waals surface area contributed by atoms with E-state index in [4.69, 9.17) is 4.74 Å². The summed E-state index contributed by atoms with van der Waals surface area (Å²) in [6.07, 6.45) is -2.85. The van der Waals surface area contributed by atoms with E-state index in [2.05, 4.69) is 9.46 Å². The van der Waals surface area contributed by atoms with Gasteiger partial charge in [-0.15, -0.1) is 13.2 Å². The molecule has 1 heterocycles. The smallest absolute Gasteiger partial charge is 0.444 e. The number of halogens is 3. The van der Waals surface area contributed by atoms with Gasteiger partial charge in [0.2, 0.25) is 10.0 Å². The molecule has 1 atom stereocenters. The fourth-order valence-electron chi connectivity index (χ4n) is 3.67. The lowest BCUT2D eigenvalue weighted by Crippen LogP contribution is -2.53. The number of nitrogens with zero attached hydrogens (tertiary/aromatic N) is 1. The topological polar surface area (TPSA) is 84.9 Å². The van der Waals surface area contributed by atoms with Crippen LogP contribution in [0, 0.1) is 0 Å². The van der Waals surface area contributed by atoms with Crippen LogP contribution < -0.4 is 9.46 Å². The van der Waals surface area contributed by atoms with Gasteiger partial charge in [-0.1, -0.05) is 0 Å². The van der Waals surface area contributed by atoms with Gasteiger partial charge in [-0.2, -0.15) is 0 Å². The first-order valence-electron chi connectivity index (χ1n) is 9.60. The Labute approximate surface area is 173 Å². The number of hydrogen-bond acceptors (Lipinski definition) is 5. The largest absolute Gasteiger partial charge is 0.573 e. The fourth-order valence-corrected chi connectivity index (χ4v) is 5.15. The second-order valence-electron chi connectivity index (χ2n) is 8.61. The third-order valence-electron chi connectivity index (χ3n) is 5.01. The number of amides is 1. The third kappa shape index (κ3) is 5.37. The van der Waals surface area contributed by atoms with E-state index in [1.54, 1.807) is 25.7 Å². The molecule has 1 N–H and O–H groups in total. The van der Waals surface area contributed by atoms with Gasteiger partial charge in [0, 0.05) is 6.54 Å². The van der Waals surface area contributed by atoms with Gasteiger partial charge in [-0.05, 0) is 70.7 Å². The lowest BCUT2D eigenvalue weighted by molar-refractivity contribution is -0.274. The SMILES string of the molecule is CC(C)(C)OC(=O)N1CCCC1C1(NS(=O)(=O)c2ccc(OC(F)(F)F)cc2)CC1. The maximum atomic E-state index is 12.8. The molecule has 168 valence electrons. The van der Waals surface area contributed by atoms with Gasteiger partial charge >= 0.3 is 12.5 Å². The Bertz CT molecular complexity index is 890. The summed E-state index contributed by atoms with van der Waals surface area (Å²) >= 11 is 0. The fraction of sp³-hybridized carbons (Fsp3) is 0.632. The van der Waals surface area contributed by atoms with Crippen LogP contribution in [-0.2, 0) is 14.8 Å². The molecule has 0 aromatic heterocycles. The molecule has 2 aliphatic rings. The van der Waals surface area contributed by atoms with Gasteiger partial charge < -0.3 is 14.4 Å². The molecule has 1 aromatic rings. The number of rotatable bonds is 5. The highest BCUT2D eigenvalue weighted by Crippen LogP contribution is 2.46. The Morgan fingerprint density at radius 2 is 1.77 bits per heavy atom. The summed E-state index contributed by atoms with van der Waals surface area (Å²) in [4.78, 5) is 13.9. The molecule has 1 aliphatic carbocycles. The van der Waals surface area contributed by atoms with Crippen LogP contribution >= 0.6 is 0 Å². The first-order chi connectivity index (χ1) is 13.7. The van der Waals surface area contributed by atoms with Crippen LogP contribution in [0.4, 0.5) is 18.0 Å². The zero-order valence-electron chi connectivity index (χ0n) is 17.0. The summed E-state index contributed by atoms with van der Waals surface area (Å²) in [6, 6.07) is 3.67. The Kier molecular flexibility index (Phi) is 5.74. The second kappa shape index (κ2) is 7.60. The normalized spacial score (nSPS) is 21.4. The summed E-state index contributed by atoms with van der Waals surface area (Å²) in [7, 11) is -4.00. The number of likely N-dealkylation sites (tertiary alicyclic amines) is 1. The second-order valence-corrected chi connectivity index (χ2v) is 10.3. The summed E-state index contributed by atoms with van der Waals surface area (Å²) in [5.74, 6) is -0.505. The average molecular weight is 450 g/mol. The van der Waals surface area contributed by atoms with Gasteiger partial charge in [0.1, 0.15) is 11.4 Å². The molecule has 1 saturated carbocycles. The van der Waals surface area contributed by atoms with Gasteiger partial charge in [0.15, 0.2) is 0 Å². The van der Waals surface area contributed by atoms with Crippen molar-refractivity contribution in [1.29, 1.82) is 0 Å². The van der Waals surface area contributed by atoms with Crippen molar-refractivity contribution in [2.45, 2.75) is 74.9 Å². The number of carbonyl (C=O) groups is 1. The van der Waals surface area contributed by atoms with E-state index in [0.29, 0.717) is 25.8 Å². The Morgan fingerprint density at radius 3 is 2.27 bits per heavy atom. The predicted molar refractivity (Wildman–Crippen MR) is 101 cm³/mol. The number of alkyl halides is 3. The number of carbonyl (C=O) groups excluding carboxylic acids is 1. The van der Waals surface area contributed by atoms with Crippen molar-refractivity contribution in [2.24, 2.45) is 0 Å². The van der Waals surface area contributed by atoms with Crippen molar-refractivity contribution in [2.75, 3.05) is 6.54 Å². The number of benzene rings is 1. The standard InChI is InChI=1S/C19H25F3N2O5S/c1-17(2,3)29-16(25)24-12-4-5-15(24)18(10-11-18)23-30(26,27)14-8-6-13(7-9-14)28-19(20,21)22/h6-9,15,23H,4-5,10-12H2,1-3H3. The quantitative estimate of drug-likeness (QED) is 0.738. The maximum absolute atomic E-state index is 12.8. The minimum absolute atomic E-state index is 0.176. The van der Waals surface area contributed by atoms with E-state index in [-0.39, 0.29) is 10.9 Å². The van der Waals surface area contributed by atoms with E-state index in [9.17, 15) is 26.4 Å². The molecule has 2 fully saturated rings. The minimum atomic E-state index is -4.86. The molecule has 0 radical (unpaired) electrons. The summed E-state index contributed by atoms with van der Waals surface area (Å²) < 4.78 is 74.4. The lowest BCUT2D eigenvalue weighted by atomic mass is 10.1. The van der Waals surface area contributed by atoms with Crippen molar-refractivity contribution < 1.29 is 35.9 Å². The van der Waals surface area contributed by atoms with Crippen molar-refractivity contribution >= 4 is 16.1 Å². The molecule has 0 bridgehead atoms. The van der Waals surface area contributed by atoms with Gasteiger partial charge in [0.25, 0.3) is 0 Å². The van der Waals surface area contributed by atoms with Crippen LogP contribution in [0.25, 0.3) is 0 Å². The van der Waals surface area contributed by atoms with Crippen LogP contribution in [0.1, 0.15) is 46.5 Å². The molecule has 30 heavy (non-hydrogen) atoms. The molecule has 0 spiro atoms. The van der Waals surface area contributed by atoms with Crippen LogP contribution in [0.2, 0.25) is 0 Å². The summed E-state index contributed by atoms with van der Waals surface area (Å²) in [5.41, 5.74) is -1.46. The molecule has 7 nitrogen and oxygen atoms in total. The number of nitrogens with one attached hydrogen (secondary N) is 1. The van der Waals surface area contributed by atoms with E-state index in [0.717, 1.165) is 30.7 Å². The maximum Gasteiger partial charge on any atom is 0.573 e. The molecule has 1 unspecified atom stereocenters. The molecule has 1 aromatic carbocycles. The molecule has 1 saturated heterocycles. The van der Waals surface area contributed by atoms with Crippen molar-refractivity contribution in [3.63, 3.8) is 0 Å². The summed E-state index contributed by atoms with van der Waals surface area (Å²) in [6.45, 7) is 5.76. The van der Waals surface area contributed by atoms with E-state index in [1.807, 2.05) is 0 Å². The van der Waals surface area contributed by atoms with E-state index in [1.165, 1.54) is 0 Å². The molecule has 11 heteroatoms. The lowest BCUT2D eigenvalue weighted by Gasteiger charge is -2.33. The molecule has 1 aliphatic heterocycles. The zero-order valence-corrected chi connectivity index (χ0v) is 17.8. The van der Waals surface area contributed by atoms with Crippen LogP contribution in [0.15, 0.2) is 29.2 Å². The van der Waals surface area contributed by atoms with E-state index < -0.39 is 39.4 Å². The number of sulfonamides is 1. The van der Waals surface area contributed by atoms with Crippen molar-refractivity contribution in [1.82, 2.24) is 9.62 Å². The average Bonchev–Trinajstić information content (AvgIpc) is 3.15. The number of ether oxygens (including phenoxy) is 2. The Morgan fingerprint density at radius 1 is 1.17 bits per heavy atom. The summed E-state index contributed by atoms with van der Waals surface area (Å²) in [5, 5.41) is 0. The third-order valence-corrected chi connectivity index (χ3v) is 6.58. The Balaban J connectivity index is 1.73. The van der Waals surface area contributed by atoms with Gasteiger partial charge in [-0.25, -0.2) is 17.9 Å². The van der Waals surface area contributed by atoms with Gasteiger partial charge in [-0.3, -0.25) is 0 Å². The highest BCUT2D eigenvalue weighted by molar-refractivity contribution is 7.89. The monoisotopic (exact) mass is 450 g/mol. The molecular weight excluding hydrogens is 425 g/mol. The van der Waals surface area contributed by atoms with E-state index >= 15 is 0 Å². The van der Waals surface area contributed by atoms with Gasteiger partial charge in [0.05, 0.1) is 16.5 Å². The van der Waals surface area contributed by atoms with Crippen LogP contribution in [-0.4, -0.2) is 49.5 Å². The molecule has 1 amide bonds. The first-order valence-corrected chi connectivity index (χ1v) is 11.1. The molecule has 3 rings (SSSR count). The minimum Gasteiger partial charge on any atom is -0.444 e. The van der Waals surface area contributed by atoms with Crippen molar-refractivity contribution in [3.8, 4) is 5.75 Å². The molecular formula is C19H25F3N2O5S. The van der Waals surface area contributed by atoms with Crippen LogP contribution in [0.5, 0.6) is 5.75 Å². The Hall–Kier alpha value is -2.01. The highest BCUT2D eigenvalue weighted by atomic mass is 32.2. The van der Waals surface area contributed by atoms with Crippen LogP contribution in [0.3, 0.4) is 0 Å². The highest BCUT2D eigenvalue weighted by Gasteiger charge is 2.56. The predicted octanol–water partition coefficient (Wildman–Crippen LogP) is 3.80. The first kappa shape index (κ1) is 22.7. The van der Waals surface area contributed by atoms with Crippen molar-refractivity contribution in [3.05, 3.63) is 24.3 Å². The number of hydrogen-bond donors (Lipinski definition) is 1. The zero-order chi connectivity index (χ0) is 22.4.